The maximum atomic E-state index is 5.89. The molecule has 26 heavy (non-hydrogen) atoms. The summed E-state index contributed by atoms with van der Waals surface area (Å²) in [7, 11) is 4.14. The number of benzene rings is 2. The van der Waals surface area contributed by atoms with Gasteiger partial charge in [-0.05, 0) is 50.0 Å². The summed E-state index contributed by atoms with van der Waals surface area (Å²) in [6.45, 7) is 2.37. The molecule has 0 amide bonds. The summed E-state index contributed by atoms with van der Waals surface area (Å²) in [6, 6.07) is 17.6. The quantitative estimate of drug-likeness (QED) is 0.330. The summed E-state index contributed by atoms with van der Waals surface area (Å²) in [6.07, 6.45) is 0. The van der Waals surface area contributed by atoms with Gasteiger partial charge < -0.3 is 9.64 Å². The Bertz CT molecular complexity index is 936. The minimum atomic E-state index is 0.671. The molecule has 2 aromatic carbocycles. The molecule has 0 fully saturated rings. The van der Waals surface area contributed by atoms with Crippen molar-refractivity contribution in [2.45, 2.75) is 16.4 Å². The summed E-state index contributed by atoms with van der Waals surface area (Å²) < 4.78 is 7.01. The van der Waals surface area contributed by atoms with E-state index in [0.717, 1.165) is 17.6 Å². The van der Waals surface area contributed by atoms with Gasteiger partial charge in [-0.2, -0.15) is 0 Å². The molecule has 0 unspecified atom stereocenters. The van der Waals surface area contributed by atoms with Crippen molar-refractivity contribution < 1.29 is 4.74 Å². The molecule has 1 aliphatic heterocycles. The Morgan fingerprint density at radius 1 is 0.962 bits per heavy atom. The van der Waals surface area contributed by atoms with Gasteiger partial charge in [0.15, 0.2) is 0 Å². The fraction of sp³-hybridized carbons (Fsp3) is 0.238. The second-order valence-electron chi connectivity index (χ2n) is 6.55. The fourth-order valence-electron chi connectivity index (χ4n) is 3.00. The molecule has 0 N–H and O–H groups in total. The van der Waals surface area contributed by atoms with Crippen molar-refractivity contribution in [3.63, 3.8) is 0 Å². The van der Waals surface area contributed by atoms with E-state index in [-0.39, 0.29) is 0 Å². The Hall–Kier alpha value is -1.11. The zero-order valence-electron chi connectivity index (χ0n) is 14.8. The van der Waals surface area contributed by atoms with E-state index in [2.05, 4.69) is 83.5 Å². The smallest absolute Gasteiger partial charge is 0.0810 e. The van der Waals surface area contributed by atoms with Crippen molar-refractivity contribution in [3.8, 4) is 21.6 Å². The average molecular weight is 446 g/mol. The molecule has 0 saturated heterocycles. The van der Waals surface area contributed by atoms with E-state index >= 15 is 0 Å². The van der Waals surface area contributed by atoms with Crippen LogP contribution < -0.4 is 0 Å². The van der Waals surface area contributed by atoms with Crippen molar-refractivity contribution in [1.29, 1.82) is 0 Å². The van der Waals surface area contributed by atoms with Crippen LogP contribution in [0.5, 0.6) is 0 Å². The predicted octanol–water partition coefficient (Wildman–Crippen LogP) is 6.39. The average Bonchev–Trinajstić information content (AvgIpc) is 2.99. The lowest BCUT2D eigenvalue weighted by molar-refractivity contribution is 0.107. The normalized spacial score (nSPS) is 12.5. The molecule has 0 bridgehead atoms. The second-order valence-corrected chi connectivity index (χ2v) is 9.69. The standard InChI is InChI=1S/C21H20BrNOS2/c1-23(2)9-10-24-13-15-12-17-16-5-3-4-6-19(16)26-20-8-7-14(22)11-18(20)21(17)25-15/h3-8,11-12H,9-10,13H2,1-2H3. The third-order valence-corrected chi connectivity index (χ3v) is 7.08. The highest BCUT2D eigenvalue weighted by atomic mass is 79.9. The number of ether oxygens (including phenoxy) is 1. The molecule has 1 aliphatic rings. The summed E-state index contributed by atoms with van der Waals surface area (Å²) in [4.78, 5) is 7.38. The van der Waals surface area contributed by atoms with Crippen LogP contribution in [0, 0.1) is 0 Å². The number of thiophene rings is 1. The first-order valence-electron chi connectivity index (χ1n) is 8.54. The van der Waals surface area contributed by atoms with E-state index < -0.39 is 0 Å². The minimum absolute atomic E-state index is 0.671. The maximum Gasteiger partial charge on any atom is 0.0810 e. The topological polar surface area (TPSA) is 12.5 Å². The van der Waals surface area contributed by atoms with Crippen LogP contribution in [-0.4, -0.2) is 32.1 Å². The van der Waals surface area contributed by atoms with Crippen molar-refractivity contribution in [3.05, 3.63) is 57.9 Å². The number of halogens is 1. The van der Waals surface area contributed by atoms with Gasteiger partial charge in [-0.25, -0.2) is 0 Å². The number of hydrogen-bond donors (Lipinski definition) is 0. The van der Waals surface area contributed by atoms with Gasteiger partial charge in [0.1, 0.15) is 0 Å². The zero-order chi connectivity index (χ0) is 18.1. The fourth-order valence-corrected chi connectivity index (χ4v) is 5.64. The first-order chi connectivity index (χ1) is 12.6. The van der Waals surface area contributed by atoms with Crippen LogP contribution in [0.2, 0.25) is 0 Å². The van der Waals surface area contributed by atoms with E-state index in [1.54, 1.807) is 0 Å². The first kappa shape index (κ1) is 18.3. The molecule has 0 aliphatic carbocycles. The Morgan fingerprint density at radius 3 is 2.62 bits per heavy atom. The molecule has 5 heteroatoms. The van der Waals surface area contributed by atoms with Gasteiger partial charge in [-0.15, -0.1) is 11.3 Å². The lowest BCUT2D eigenvalue weighted by Gasteiger charge is -2.09. The third-order valence-electron chi connectivity index (χ3n) is 4.29. The van der Waals surface area contributed by atoms with Crippen LogP contribution in [0.1, 0.15) is 4.88 Å². The van der Waals surface area contributed by atoms with Crippen LogP contribution in [0.25, 0.3) is 21.6 Å². The van der Waals surface area contributed by atoms with Gasteiger partial charge in [0.05, 0.1) is 13.2 Å². The summed E-state index contributed by atoms with van der Waals surface area (Å²) in [5.41, 5.74) is 3.94. The summed E-state index contributed by atoms with van der Waals surface area (Å²) in [5.74, 6) is 0. The van der Waals surface area contributed by atoms with Crippen LogP contribution in [0.3, 0.4) is 0 Å². The highest BCUT2D eigenvalue weighted by Crippen LogP contribution is 2.51. The Labute approximate surface area is 171 Å². The Morgan fingerprint density at radius 2 is 1.77 bits per heavy atom. The molecule has 0 radical (unpaired) electrons. The number of rotatable bonds is 5. The molecule has 134 valence electrons. The minimum Gasteiger partial charge on any atom is -0.375 e. The molecular formula is C21H20BrNOS2. The predicted molar refractivity (Wildman–Crippen MR) is 115 cm³/mol. The molecule has 0 atom stereocenters. The molecule has 2 heterocycles. The lowest BCUT2D eigenvalue weighted by Crippen LogP contribution is -2.17. The monoisotopic (exact) mass is 445 g/mol. The third kappa shape index (κ3) is 3.78. The van der Waals surface area contributed by atoms with Crippen molar-refractivity contribution >= 4 is 39.0 Å². The van der Waals surface area contributed by atoms with Crippen molar-refractivity contribution in [2.24, 2.45) is 0 Å². The lowest BCUT2D eigenvalue weighted by atomic mass is 10.0. The van der Waals surface area contributed by atoms with Gasteiger partial charge in [-0.1, -0.05) is 45.9 Å². The van der Waals surface area contributed by atoms with Gasteiger partial charge >= 0.3 is 0 Å². The Kier molecular flexibility index (Phi) is 5.53. The molecule has 4 rings (SSSR count). The maximum absolute atomic E-state index is 5.89. The van der Waals surface area contributed by atoms with E-state index in [9.17, 15) is 0 Å². The number of likely N-dealkylation sites (N-methyl/N-ethyl adjacent to an activating group) is 1. The number of fused-ring (bicyclic) bond motifs is 5. The molecule has 3 aromatic rings. The molecule has 1 aromatic heterocycles. The zero-order valence-corrected chi connectivity index (χ0v) is 18.0. The van der Waals surface area contributed by atoms with E-state index in [0.29, 0.717) is 6.61 Å². The molecule has 0 saturated carbocycles. The van der Waals surface area contributed by atoms with Gasteiger partial charge in [-0.3, -0.25) is 0 Å². The summed E-state index contributed by atoms with van der Waals surface area (Å²) in [5, 5.41) is 0. The number of hydrogen-bond acceptors (Lipinski definition) is 4. The van der Waals surface area contributed by atoms with Crippen molar-refractivity contribution in [2.75, 3.05) is 27.2 Å². The van der Waals surface area contributed by atoms with Gasteiger partial charge in [0.25, 0.3) is 0 Å². The van der Waals surface area contributed by atoms with Gasteiger partial charge in [0, 0.05) is 41.7 Å². The van der Waals surface area contributed by atoms with Crippen LogP contribution in [-0.2, 0) is 11.3 Å². The molecule has 0 spiro atoms. The Balaban J connectivity index is 1.73. The van der Waals surface area contributed by atoms with E-state index in [1.165, 1.54) is 36.2 Å². The highest BCUT2D eigenvalue weighted by Gasteiger charge is 2.22. The van der Waals surface area contributed by atoms with E-state index in [4.69, 9.17) is 4.74 Å². The van der Waals surface area contributed by atoms with Crippen LogP contribution in [0.15, 0.2) is 62.8 Å². The van der Waals surface area contributed by atoms with E-state index in [1.807, 2.05) is 23.1 Å². The van der Waals surface area contributed by atoms with Crippen LogP contribution in [0.4, 0.5) is 0 Å². The number of nitrogens with zero attached hydrogens (tertiary/aromatic N) is 1. The molecule has 2 nitrogen and oxygen atoms in total. The first-order valence-corrected chi connectivity index (χ1v) is 11.0. The largest absolute Gasteiger partial charge is 0.375 e. The SMILES string of the molecule is CN(C)CCOCc1cc2c(s1)-c1cc(Br)ccc1Sc1ccccc1-2. The molecular weight excluding hydrogens is 426 g/mol. The second kappa shape index (κ2) is 7.87. The highest BCUT2D eigenvalue weighted by molar-refractivity contribution is 9.10. The van der Waals surface area contributed by atoms with Crippen LogP contribution >= 0.6 is 39.0 Å². The van der Waals surface area contributed by atoms with Crippen molar-refractivity contribution in [1.82, 2.24) is 4.90 Å². The van der Waals surface area contributed by atoms with Gasteiger partial charge in [0.2, 0.25) is 0 Å². The summed E-state index contributed by atoms with van der Waals surface area (Å²) >= 11 is 7.34.